The highest BCUT2D eigenvalue weighted by Crippen LogP contribution is 2.26. The smallest absolute Gasteiger partial charge is 0.327 e. The van der Waals surface area contributed by atoms with Crippen LogP contribution in [0.5, 0.6) is 0 Å². The summed E-state index contributed by atoms with van der Waals surface area (Å²) in [4.78, 5) is 13.6. The number of nitrogens with zero attached hydrogens (tertiary/aromatic N) is 1. The molecule has 4 heteroatoms. The van der Waals surface area contributed by atoms with Gasteiger partial charge in [0.25, 0.3) is 0 Å². The first-order chi connectivity index (χ1) is 7.47. The molecule has 1 rings (SSSR count). The molecule has 1 aromatic carbocycles. The molecule has 0 saturated carbocycles. The van der Waals surface area contributed by atoms with Crippen LogP contribution in [0.4, 0.5) is 0 Å². The Kier molecular flexibility index (Phi) is 4.50. The number of methoxy groups -OCH3 is 1. The van der Waals surface area contributed by atoms with Crippen LogP contribution >= 0.6 is 15.9 Å². The van der Waals surface area contributed by atoms with Crippen LogP contribution in [0.25, 0.3) is 0 Å². The highest BCUT2D eigenvalue weighted by Gasteiger charge is 2.25. The number of ether oxygens (including phenoxy) is 1. The van der Waals surface area contributed by atoms with Gasteiger partial charge < -0.3 is 4.74 Å². The lowest BCUT2D eigenvalue weighted by Gasteiger charge is -2.23. The quantitative estimate of drug-likeness (QED) is 0.800. The van der Waals surface area contributed by atoms with E-state index in [9.17, 15) is 4.79 Å². The summed E-state index contributed by atoms with van der Waals surface area (Å²) in [7, 11) is 5.13. The summed E-state index contributed by atoms with van der Waals surface area (Å²) in [5.74, 6) is -0.244. The van der Waals surface area contributed by atoms with Crippen LogP contribution in [-0.2, 0) is 9.53 Å². The van der Waals surface area contributed by atoms with E-state index in [0.717, 1.165) is 15.6 Å². The second-order valence-corrected chi connectivity index (χ2v) is 4.81. The molecule has 0 saturated heterocycles. The van der Waals surface area contributed by atoms with Gasteiger partial charge in [-0.3, -0.25) is 4.90 Å². The molecule has 1 unspecified atom stereocenters. The third-order valence-electron chi connectivity index (χ3n) is 2.48. The van der Waals surface area contributed by atoms with Crippen LogP contribution in [0.1, 0.15) is 17.2 Å². The molecule has 0 aliphatic carbocycles. The zero-order chi connectivity index (χ0) is 12.3. The Bertz CT molecular complexity index is 391. The van der Waals surface area contributed by atoms with Crippen LogP contribution in [0.2, 0.25) is 0 Å². The average molecular weight is 286 g/mol. The predicted molar refractivity (Wildman–Crippen MR) is 67.3 cm³/mol. The zero-order valence-corrected chi connectivity index (χ0v) is 11.5. The molecule has 0 spiro atoms. The predicted octanol–water partition coefficient (Wildman–Crippen LogP) is 2.53. The van der Waals surface area contributed by atoms with Gasteiger partial charge in [-0.15, -0.1) is 0 Å². The topological polar surface area (TPSA) is 29.5 Å². The van der Waals surface area contributed by atoms with Crippen LogP contribution in [0.3, 0.4) is 0 Å². The fraction of sp³-hybridized carbons (Fsp3) is 0.417. The van der Waals surface area contributed by atoms with Crippen molar-refractivity contribution in [2.24, 2.45) is 0 Å². The van der Waals surface area contributed by atoms with Crippen molar-refractivity contribution in [2.75, 3.05) is 21.2 Å². The Labute approximate surface area is 105 Å². The van der Waals surface area contributed by atoms with Crippen molar-refractivity contribution in [3.05, 3.63) is 33.8 Å². The number of carbonyl (C=O) groups is 1. The lowest BCUT2D eigenvalue weighted by Crippen LogP contribution is -2.29. The van der Waals surface area contributed by atoms with Gasteiger partial charge in [-0.2, -0.15) is 0 Å². The van der Waals surface area contributed by atoms with E-state index in [1.54, 1.807) is 0 Å². The number of carbonyl (C=O) groups excluding carboxylic acids is 1. The Morgan fingerprint density at radius 2 is 2.06 bits per heavy atom. The van der Waals surface area contributed by atoms with Crippen molar-refractivity contribution in [3.63, 3.8) is 0 Å². The second kappa shape index (κ2) is 5.46. The van der Waals surface area contributed by atoms with Crippen LogP contribution < -0.4 is 0 Å². The number of benzene rings is 1. The minimum Gasteiger partial charge on any atom is -0.468 e. The number of esters is 1. The van der Waals surface area contributed by atoms with E-state index in [0.29, 0.717) is 0 Å². The molecular formula is C12H16BrNO2. The summed E-state index contributed by atoms with van der Waals surface area (Å²) in [6.45, 7) is 1.99. The fourth-order valence-electron chi connectivity index (χ4n) is 1.63. The van der Waals surface area contributed by atoms with E-state index in [1.165, 1.54) is 7.11 Å². The first-order valence-corrected chi connectivity index (χ1v) is 5.77. The molecule has 88 valence electrons. The molecule has 1 atom stereocenters. The van der Waals surface area contributed by atoms with Gasteiger partial charge in [-0.05, 0) is 44.3 Å². The summed E-state index contributed by atoms with van der Waals surface area (Å²) in [6.07, 6.45) is 0. The van der Waals surface area contributed by atoms with E-state index in [2.05, 4.69) is 15.9 Å². The van der Waals surface area contributed by atoms with Crippen LogP contribution in [-0.4, -0.2) is 32.1 Å². The number of rotatable bonds is 3. The van der Waals surface area contributed by atoms with E-state index in [4.69, 9.17) is 4.74 Å². The molecule has 0 amide bonds. The van der Waals surface area contributed by atoms with Crippen LogP contribution in [0, 0.1) is 6.92 Å². The summed E-state index contributed by atoms with van der Waals surface area (Å²) in [5.41, 5.74) is 2.04. The van der Waals surface area contributed by atoms with Crippen molar-refractivity contribution in [3.8, 4) is 0 Å². The Morgan fingerprint density at radius 3 is 2.56 bits per heavy atom. The Balaban J connectivity index is 3.20. The highest BCUT2D eigenvalue weighted by molar-refractivity contribution is 9.10. The summed E-state index contributed by atoms with van der Waals surface area (Å²) < 4.78 is 5.79. The lowest BCUT2D eigenvalue weighted by atomic mass is 10.0. The standard InChI is InChI=1S/C12H16BrNO2/c1-8-5-6-9(13)7-10(8)11(14(2)3)12(15)16-4/h5-7,11H,1-4H3. The summed E-state index contributed by atoms with van der Waals surface area (Å²) in [5, 5.41) is 0. The number of likely N-dealkylation sites (N-methyl/N-ethyl adjacent to an activating group) is 1. The zero-order valence-electron chi connectivity index (χ0n) is 9.95. The van der Waals surface area contributed by atoms with Crippen molar-refractivity contribution >= 4 is 21.9 Å². The molecule has 0 N–H and O–H groups in total. The molecule has 16 heavy (non-hydrogen) atoms. The van der Waals surface area contributed by atoms with Crippen LogP contribution in [0.15, 0.2) is 22.7 Å². The minimum atomic E-state index is -0.359. The first-order valence-electron chi connectivity index (χ1n) is 4.97. The summed E-state index contributed by atoms with van der Waals surface area (Å²) >= 11 is 3.41. The third-order valence-corrected chi connectivity index (χ3v) is 2.97. The Hall–Kier alpha value is -0.870. The van der Waals surface area contributed by atoms with E-state index >= 15 is 0 Å². The Morgan fingerprint density at radius 1 is 1.44 bits per heavy atom. The van der Waals surface area contributed by atoms with Gasteiger partial charge in [0, 0.05) is 4.47 Å². The largest absolute Gasteiger partial charge is 0.468 e. The maximum atomic E-state index is 11.7. The number of aryl methyl sites for hydroxylation is 1. The van der Waals surface area contributed by atoms with Crippen molar-refractivity contribution < 1.29 is 9.53 Å². The maximum absolute atomic E-state index is 11.7. The SMILES string of the molecule is COC(=O)C(c1cc(Br)ccc1C)N(C)C. The first kappa shape index (κ1) is 13.2. The molecule has 0 aliphatic heterocycles. The molecule has 0 aliphatic rings. The molecule has 3 nitrogen and oxygen atoms in total. The van der Waals surface area contributed by atoms with Crippen molar-refractivity contribution in [2.45, 2.75) is 13.0 Å². The van der Waals surface area contributed by atoms with Gasteiger partial charge in [0.1, 0.15) is 6.04 Å². The van der Waals surface area contributed by atoms with Gasteiger partial charge in [-0.1, -0.05) is 22.0 Å². The van der Waals surface area contributed by atoms with Crippen molar-refractivity contribution in [1.29, 1.82) is 0 Å². The molecule has 1 aromatic rings. The molecule has 0 fully saturated rings. The number of hydrogen-bond acceptors (Lipinski definition) is 3. The molecular weight excluding hydrogens is 270 g/mol. The van der Waals surface area contributed by atoms with Crippen molar-refractivity contribution in [1.82, 2.24) is 4.90 Å². The van der Waals surface area contributed by atoms with Gasteiger partial charge in [-0.25, -0.2) is 4.79 Å². The third kappa shape index (κ3) is 2.83. The maximum Gasteiger partial charge on any atom is 0.327 e. The number of hydrogen-bond donors (Lipinski definition) is 0. The summed E-state index contributed by atoms with van der Waals surface area (Å²) in [6, 6.07) is 5.54. The molecule has 0 aromatic heterocycles. The minimum absolute atomic E-state index is 0.244. The molecule has 0 radical (unpaired) electrons. The van der Waals surface area contributed by atoms with E-state index in [1.807, 2.05) is 44.1 Å². The molecule has 0 bridgehead atoms. The lowest BCUT2D eigenvalue weighted by molar-refractivity contribution is -0.146. The van der Waals surface area contributed by atoms with Gasteiger partial charge in [0.05, 0.1) is 7.11 Å². The van der Waals surface area contributed by atoms with E-state index < -0.39 is 0 Å². The second-order valence-electron chi connectivity index (χ2n) is 3.89. The highest BCUT2D eigenvalue weighted by atomic mass is 79.9. The average Bonchev–Trinajstić information content (AvgIpc) is 2.22. The fourth-order valence-corrected chi connectivity index (χ4v) is 2.01. The van der Waals surface area contributed by atoms with Gasteiger partial charge in [0.15, 0.2) is 0 Å². The normalized spacial score (nSPS) is 12.6. The van der Waals surface area contributed by atoms with Gasteiger partial charge >= 0.3 is 5.97 Å². The number of halogens is 1. The molecule has 0 heterocycles. The van der Waals surface area contributed by atoms with E-state index in [-0.39, 0.29) is 12.0 Å². The van der Waals surface area contributed by atoms with Gasteiger partial charge in [0.2, 0.25) is 0 Å². The monoisotopic (exact) mass is 285 g/mol.